The Labute approximate surface area is 124 Å². The topological polar surface area (TPSA) is 75.6 Å². The number of aliphatic carboxylic acids is 1. The maximum absolute atomic E-state index is 11.7. The van der Waals surface area contributed by atoms with Crippen molar-refractivity contribution >= 4 is 18.0 Å². The van der Waals surface area contributed by atoms with E-state index in [4.69, 9.17) is 9.84 Å². The van der Waals surface area contributed by atoms with Crippen molar-refractivity contribution in [2.75, 3.05) is 6.61 Å². The molecule has 5 heteroatoms. The van der Waals surface area contributed by atoms with Crippen LogP contribution < -0.4 is 10.1 Å². The molecule has 0 saturated heterocycles. The average molecular weight is 291 g/mol. The Morgan fingerprint density at radius 1 is 1.29 bits per heavy atom. The van der Waals surface area contributed by atoms with Gasteiger partial charge in [0.2, 0.25) is 5.91 Å². The second-order valence-electron chi connectivity index (χ2n) is 4.76. The normalized spacial score (nSPS) is 13.7. The van der Waals surface area contributed by atoms with Crippen LogP contribution in [0, 0.1) is 5.92 Å². The molecule has 0 aromatic heterocycles. The van der Waals surface area contributed by atoms with Gasteiger partial charge in [0.25, 0.3) is 0 Å². The molecule has 1 amide bonds. The molecule has 0 saturated carbocycles. The predicted octanol–water partition coefficient (Wildman–Crippen LogP) is 2.32. The summed E-state index contributed by atoms with van der Waals surface area (Å²) in [6.45, 7) is 5.75. The third-order valence-corrected chi connectivity index (χ3v) is 3.13. The zero-order chi connectivity index (χ0) is 15.8. The van der Waals surface area contributed by atoms with Crippen molar-refractivity contribution in [2.24, 2.45) is 5.92 Å². The second kappa shape index (κ2) is 8.09. The van der Waals surface area contributed by atoms with Crippen LogP contribution in [0.15, 0.2) is 30.3 Å². The van der Waals surface area contributed by atoms with Gasteiger partial charge >= 0.3 is 5.97 Å². The molecule has 1 aromatic carbocycles. The molecule has 0 radical (unpaired) electrons. The fourth-order valence-electron chi connectivity index (χ4n) is 1.63. The van der Waals surface area contributed by atoms with E-state index in [9.17, 15) is 9.59 Å². The molecule has 5 nitrogen and oxygen atoms in total. The Morgan fingerprint density at radius 2 is 1.90 bits per heavy atom. The Balaban J connectivity index is 2.55. The van der Waals surface area contributed by atoms with Gasteiger partial charge in [-0.15, -0.1) is 0 Å². The van der Waals surface area contributed by atoms with Gasteiger partial charge < -0.3 is 15.2 Å². The van der Waals surface area contributed by atoms with Crippen LogP contribution in [0.1, 0.15) is 26.3 Å². The number of amides is 1. The van der Waals surface area contributed by atoms with E-state index < -0.39 is 17.9 Å². The average Bonchev–Trinajstić information content (AvgIpc) is 2.45. The van der Waals surface area contributed by atoms with Crippen LogP contribution in [0.25, 0.3) is 6.08 Å². The first-order chi connectivity index (χ1) is 9.93. The Bertz CT molecular complexity index is 508. The van der Waals surface area contributed by atoms with Gasteiger partial charge in [0.15, 0.2) is 0 Å². The lowest BCUT2D eigenvalue weighted by atomic mass is 10.0. The minimum Gasteiger partial charge on any atom is -0.494 e. The van der Waals surface area contributed by atoms with E-state index in [0.29, 0.717) is 6.61 Å². The number of ether oxygens (including phenoxy) is 1. The van der Waals surface area contributed by atoms with Gasteiger partial charge in [-0.05, 0) is 44.5 Å². The van der Waals surface area contributed by atoms with Crippen molar-refractivity contribution in [2.45, 2.75) is 26.8 Å². The summed E-state index contributed by atoms with van der Waals surface area (Å²) in [5.41, 5.74) is 0.868. The molecule has 0 aliphatic heterocycles. The molecule has 1 aromatic rings. The quantitative estimate of drug-likeness (QED) is 0.756. The Kier molecular flexibility index (Phi) is 6.46. The van der Waals surface area contributed by atoms with Gasteiger partial charge in [0.05, 0.1) is 12.5 Å². The number of hydrogen-bond donors (Lipinski definition) is 2. The molecular weight excluding hydrogens is 270 g/mol. The maximum atomic E-state index is 11.7. The predicted molar refractivity (Wildman–Crippen MR) is 81.0 cm³/mol. The summed E-state index contributed by atoms with van der Waals surface area (Å²) in [5.74, 6) is -1.10. The Morgan fingerprint density at radius 3 is 2.43 bits per heavy atom. The van der Waals surface area contributed by atoms with Crippen molar-refractivity contribution < 1.29 is 19.4 Å². The van der Waals surface area contributed by atoms with E-state index in [1.807, 2.05) is 31.2 Å². The van der Waals surface area contributed by atoms with Gasteiger partial charge in [-0.1, -0.05) is 12.1 Å². The van der Waals surface area contributed by atoms with E-state index in [1.54, 1.807) is 19.9 Å². The summed E-state index contributed by atoms with van der Waals surface area (Å²) in [5, 5.41) is 11.5. The SMILES string of the molecule is CCOc1ccc(/C=C/C(=O)NC(C)C(C)C(=O)O)cc1. The summed E-state index contributed by atoms with van der Waals surface area (Å²) in [7, 11) is 0. The molecule has 0 aliphatic carbocycles. The number of carboxylic acids is 1. The van der Waals surface area contributed by atoms with E-state index in [1.165, 1.54) is 6.08 Å². The first kappa shape index (κ1) is 16.8. The smallest absolute Gasteiger partial charge is 0.308 e. The van der Waals surface area contributed by atoms with Gasteiger partial charge in [0, 0.05) is 12.1 Å². The van der Waals surface area contributed by atoms with Crippen LogP contribution >= 0.6 is 0 Å². The third-order valence-electron chi connectivity index (χ3n) is 3.13. The molecular formula is C16H21NO4. The number of rotatable bonds is 7. The zero-order valence-electron chi connectivity index (χ0n) is 12.5. The summed E-state index contributed by atoms with van der Waals surface area (Å²) >= 11 is 0. The number of carbonyl (C=O) groups is 2. The molecule has 0 aliphatic rings. The maximum Gasteiger partial charge on any atom is 0.308 e. The minimum absolute atomic E-state index is 0.315. The highest BCUT2D eigenvalue weighted by atomic mass is 16.5. The van der Waals surface area contributed by atoms with Gasteiger partial charge in [0.1, 0.15) is 5.75 Å². The Hall–Kier alpha value is -2.30. The molecule has 1 rings (SSSR count). The largest absolute Gasteiger partial charge is 0.494 e. The highest BCUT2D eigenvalue weighted by molar-refractivity contribution is 5.92. The lowest BCUT2D eigenvalue weighted by Gasteiger charge is -2.16. The number of hydrogen-bond acceptors (Lipinski definition) is 3. The van der Waals surface area contributed by atoms with Crippen molar-refractivity contribution in [3.05, 3.63) is 35.9 Å². The van der Waals surface area contributed by atoms with Gasteiger partial charge in [-0.25, -0.2) is 0 Å². The fourth-order valence-corrected chi connectivity index (χ4v) is 1.63. The molecule has 0 spiro atoms. The lowest BCUT2D eigenvalue weighted by molar-refractivity contribution is -0.142. The van der Waals surface area contributed by atoms with Crippen molar-refractivity contribution in [3.8, 4) is 5.75 Å². The summed E-state index contributed by atoms with van der Waals surface area (Å²) in [4.78, 5) is 22.5. The minimum atomic E-state index is -0.932. The standard InChI is InChI=1S/C16H21NO4/c1-4-21-14-8-5-13(6-9-14)7-10-15(18)17-12(3)11(2)16(19)20/h5-12H,4H2,1-3H3,(H,17,18)(H,19,20)/b10-7+. The first-order valence-corrected chi connectivity index (χ1v) is 6.88. The molecule has 2 atom stereocenters. The molecule has 2 N–H and O–H groups in total. The van der Waals surface area contributed by atoms with Crippen LogP contribution in [0.3, 0.4) is 0 Å². The summed E-state index contributed by atoms with van der Waals surface area (Å²) in [6, 6.07) is 6.92. The molecule has 0 bridgehead atoms. The van der Waals surface area contributed by atoms with Crippen molar-refractivity contribution in [1.29, 1.82) is 0 Å². The van der Waals surface area contributed by atoms with Crippen LogP contribution in [0.5, 0.6) is 5.75 Å². The first-order valence-electron chi connectivity index (χ1n) is 6.88. The molecule has 2 unspecified atom stereocenters. The monoisotopic (exact) mass is 291 g/mol. The summed E-state index contributed by atoms with van der Waals surface area (Å²) in [6.07, 6.45) is 3.06. The van der Waals surface area contributed by atoms with Gasteiger partial charge in [-0.3, -0.25) is 9.59 Å². The highest BCUT2D eigenvalue weighted by Gasteiger charge is 2.19. The zero-order valence-corrected chi connectivity index (χ0v) is 12.5. The van der Waals surface area contributed by atoms with E-state index in [2.05, 4.69) is 5.32 Å². The lowest BCUT2D eigenvalue weighted by Crippen LogP contribution is -2.39. The van der Waals surface area contributed by atoms with Crippen LogP contribution in [-0.2, 0) is 9.59 Å². The molecule has 114 valence electrons. The summed E-state index contributed by atoms with van der Waals surface area (Å²) < 4.78 is 5.33. The van der Waals surface area contributed by atoms with Crippen LogP contribution in [-0.4, -0.2) is 29.6 Å². The molecule has 0 heterocycles. The highest BCUT2D eigenvalue weighted by Crippen LogP contribution is 2.13. The van der Waals surface area contributed by atoms with Crippen LogP contribution in [0.2, 0.25) is 0 Å². The van der Waals surface area contributed by atoms with E-state index in [-0.39, 0.29) is 5.91 Å². The van der Waals surface area contributed by atoms with E-state index >= 15 is 0 Å². The number of benzene rings is 1. The number of carbonyl (C=O) groups excluding carboxylic acids is 1. The van der Waals surface area contributed by atoms with Crippen molar-refractivity contribution in [1.82, 2.24) is 5.32 Å². The fraction of sp³-hybridized carbons (Fsp3) is 0.375. The third kappa shape index (κ3) is 5.69. The van der Waals surface area contributed by atoms with Crippen LogP contribution in [0.4, 0.5) is 0 Å². The van der Waals surface area contributed by atoms with Crippen molar-refractivity contribution in [3.63, 3.8) is 0 Å². The molecule has 0 fully saturated rings. The number of nitrogens with one attached hydrogen (secondary N) is 1. The van der Waals surface area contributed by atoms with E-state index in [0.717, 1.165) is 11.3 Å². The molecule has 21 heavy (non-hydrogen) atoms. The van der Waals surface area contributed by atoms with Gasteiger partial charge in [-0.2, -0.15) is 0 Å². The number of carboxylic acid groups (broad SMARTS) is 1. The second-order valence-corrected chi connectivity index (χ2v) is 4.76.